The van der Waals surface area contributed by atoms with E-state index in [0.29, 0.717) is 11.1 Å². The summed E-state index contributed by atoms with van der Waals surface area (Å²) in [4.78, 5) is 2.24. The van der Waals surface area contributed by atoms with Crippen LogP contribution in [0.2, 0.25) is 0 Å². The van der Waals surface area contributed by atoms with Crippen LogP contribution in [0.15, 0.2) is 158 Å². The standard InChI is InChI=1S/C44H28N4/c45-27-29-23-24-37-36-16-4-8-21-42(36)48(44(37)25-29)43-22-10-17-32(38(43)28-46)30-11-9-12-31(26-30)33-13-1-5-18-39(33)47-40-19-6-2-14-34(40)35-15-3-7-20-41(35)47/h1-26,36,42H. The Morgan fingerprint density at radius 2 is 1.17 bits per heavy atom. The molecule has 9 rings (SSSR count). The SMILES string of the molecule is N#Cc1ccc2c(c1)N(c1cccc(-c3cccc(-c4ccccc4-n4c5ccccc5c5ccccc54)c3)c1C#N)C1C=CC=CC21. The number of fused-ring (bicyclic) bond motifs is 6. The lowest BCUT2D eigenvalue weighted by Gasteiger charge is -2.30. The minimum Gasteiger partial charge on any atom is -0.332 e. The number of nitriles is 2. The first kappa shape index (κ1) is 27.7. The average molecular weight is 613 g/mol. The Kier molecular flexibility index (Phi) is 6.35. The van der Waals surface area contributed by atoms with Crippen LogP contribution >= 0.6 is 0 Å². The van der Waals surface area contributed by atoms with Gasteiger partial charge in [0, 0.05) is 33.5 Å². The Bertz CT molecular complexity index is 2520. The first-order valence-electron chi connectivity index (χ1n) is 16.1. The number of benzene rings is 6. The molecule has 1 aliphatic carbocycles. The van der Waals surface area contributed by atoms with Crippen LogP contribution < -0.4 is 4.90 Å². The van der Waals surface area contributed by atoms with E-state index >= 15 is 0 Å². The zero-order chi connectivity index (χ0) is 32.2. The maximum absolute atomic E-state index is 10.8. The van der Waals surface area contributed by atoms with E-state index in [2.05, 4.69) is 149 Å². The Hall–Kier alpha value is -6.62. The number of rotatable bonds is 4. The zero-order valence-corrected chi connectivity index (χ0v) is 26.0. The van der Waals surface area contributed by atoms with Gasteiger partial charge in [0.05, 0.1) is 45.6 Å². The van der Waals surface area contributed by atoms with E-state index < -0.39 is 0 Å². The lowest BCUT2D eigenvalue weighted by Crippen LogP contribution is -2.29. The molecular formula is C44H28N4. The van der Waals surface area contributed by atoms with Crippen LogP contribution in [-0.4, -0.2) is 10.6 Å². The van der Waals surface area contributed by atoms with Gasteiger partial charge in [0.2, 0.25) is 0 Å². The molecular weight excluding hydrogens is 585 g/mol. The second-order valence-corrected chi connectivity index (χ2v) is 12.3. The largest absolute Gasteiger partial charge is 0.332 e. The van der Waals surface area contributed by atoms with Crippen molar-refractivity contribution in [2.24, 2.45) is 0 Å². The topological polar surface area (TPSA) is 55.8 Å². The molecule has 0 radical (unpaired) electrons. The summed E-state index contributed by atoms with van der Waals surface area (Å²) in [5, 5.41) is 22.9. The first-order valence-corrected chi connectivity index (χ1v) is 16.1. The third kappa shape index (κ3) is 4.14. The molecule has 0 spiro atoms. The molecule has 0 bridgehead atoms. The van der Waals surface area contributed by atoms with E-state index in [1.54, 1.807) is 0 Å². The van der Waals surface area contributed by atoms with Gasteiger partial charge in [-0.2, -0.15) is 10.5 Å². The molecule has 0 N–H and O–H groups in total. The van der Waals surface area contributed by atoms with E-state index in [1.807, 2.05) is 30.3 Å². The predicted octanol–water partition coefficient (Wildman–Crippen LogP) is 10.6. The summed E-state index contributed by atoms with van der Waals surface area (Å²) in [6.07, 6.45) is 8.55. The molecule has 1 aromatic heterocycles. The fraction of sp³-hybridized carbons (Fsp3) is 0.0455. The van der Waals surface area contributed by atoms with E-state index in [4.69, 9.17) is 0 Å². The first-order chi connectivity index (χ1) is 23.7. The molecule has 0 saturated carbocycles. The molecule has 0 amide bonds. The lowest BCUT2D eigenvalue weighted by molar-refractivity contribution is 0.744. The van der Waals surface area contributed by atoms with Gasteiger partial charge in [-0.3, -0.25) is 0 Å². The van der Waals surface area contributed by atoms with Crippen molar-refractivity contribution in [1.29, 1.82) is 10.5 Å². The average Bonchev–Trinajstić information content (AvgIpc) is 3.67. The molecule has 2 aliphatic rings. The highest BCUT2D eigenvalue weighted by molar-refractivity contribution is 6.09. The van der Waals surface area contributed by atoms with E-state index in [-0.39, 0.29) is 12.0 Å². The molecule has 2 heterocycles. The van der Waals surface area contributed by atoms with Gasteiger partial charge >= 0.3 is 0 Å². The van der Waals surface area contributed by atoms with Crippen LogP contribution in [0.4, 0.5) is 11.4 Å². The molecule has 4 nitrogen and oxygen atoms in total. The summed E-state index contributed by atoms with van der Waals surface area (Å²) < 4.78 is 2.36. The van der Waals surface area contributed by atoms with Crippen molar-refractivity contribution in [3.05, 3.63) is 174 Å². The summed E-state index contributed by atoms with van der Waals surface area (Å²) >= 11 is 0. The van der Waals surface area contributed by atoms with Crippen LogP contribution in [0, 0.1) is 22.7 Å². The summed E-state index contributed by atoms with van der Waals surface area (Å²) in [6, 6.07) is 51.1. The molecule has 1 aliphatic heterocycles. The summed E-state index contributed by atoms with van der Waals surface area (Å²) in [5.41, 5.74) is 11.7. The highest BCUT2D eigenvalue weighted by Gasteiger charge is 2.38. The molecule has 2 atom stereocenters. The van der Waals surface area contributed by atoms with Gasteiger partial charge in [-0.05, 0) is 59.2 Å². The lowest BCUT2D eigenvalue weighted by atomic mass is 9.91. The quantitative estimate of drug-likeness (QED) is 0.199. The molecule has 6 aromatic carbocycles. The fourth-order valence-corrected chi connectivity index (χ4v) is 7.73. The third-order valence-electron chi connectivity index (χ3n) is 9.81. The van der Waals surface area contributed by atoms with E-state index in [9.17, 15) is 10.5 Å². The van der Waals surface area contributed by atoms with Crippen molar-refractivity contribution in [3.63, 3.8) is 0 Å². The number of allylic oxidation sites excluding steroid dienone is 2. The predicted molar refractivity (Wildman–Crippen MR) is 194 cm³/mol. The maximum Gasteiger partial charge on any atom is 0.102 e. The van der Waals surface area contributed by atoms with Gasteiger partial charge in [0.25, 0.3) is 0 Å². The number of nitrogens with zero attached hydrogens (tertiary/aromatic N) is 4. The smallest absolute Gasteiger partial charge is 0.102 e. The van der Waals surface area contributed by atoms with Crippen LogP contribution in [0.25, 0.3) is 49.7 Å². The Morgan fingerprint density at radius 1 is 0.521 bits per heavy atom. The Labute approximate surface area is 279 Å². The minimum atomic E-state index is 0.0192. The Morgan fingerprint density at radius 3 is 1.94 bits per heavy atom. The normalized spacial score (nSPS) is 16.1. The summed E-state index contributed by atoms with van der Waals surface area (Å²) in [7, 11) is 0. The molecule has 4 heteroatoms. The van der Waals surface area contributed by atoms with Gasteiger partial charge < -0.3 is 9.47 Å². The molecule has 7 aromatic rings. The third-order valence-corrected chi connectivity index (χ3v) is 9.81. The highest BCUT2D eigenvalue weighted by Crippen LogP contribution is 2.49. The summed E-state index contributed by atoms with van der Waals surface area (Å²) in [5.74, 6) is 0.147. The number of para-hydroxylation sites is 3. The van der Waals surface area contributed by atoms with Crippen molar-refractivity contribution in [1.82, 2.24) is 4.57 Å². The molecule has 0 fully saturated rings. The van der Waals surface area contributed by atoms with Crippen molar-refractivity contribution in [2.45, 2.75) is 12.0 Å². The number of hydrogen-bond donors (Lipinski definition) is 0. The second kappa shape index (κ2) is 11.0. The van der Waals surface area contributed by atoms with Crippen LogP contribution in [-0.2, 0) is 0 Å². The van der Waals surface area contributed by atoms with Crippen molar-refractivity contribution < 1.29 is 0 Å². The van der Waals surface area contributed by atoms with Crippen LogP contribution in [0.3, 0.4) is 0 Å². The van der Waals surface area contributed by atoms with E-state index in [1.165, 1.54) is 10.8 Å². The molecule has 2 unspecified atom stereocenters. The van der Waals surface area contributed by atoms with Gasteiger partial charge in [0.1, 0.15) is 6.07 Å². The van der Waals surface area contributed by atoms with Gasteiger partial charge in [-0.15, -0.1) is 0 Å². The second-order valence-electron chi connectivity index (χ2n) is 12.3. The van der Waals surface area contributed by atoms with E-state index in [0.717, 1.165) is 55.9 Å². The fourth-order valence-electron chi connectivity index (χ4n) is 7.73. The van der Waals surface area contributed by atoms with Gasteiger partial charge in [0.15, 0.2) is 0 Å². The van der Waals surface area contributed by atoms with Crippen molar-refractivity contribution in [3.8, 4) is 40.1 Å². The maximum atomic E-state index is 10.8. The molecule has 48 heavy (non-hydrogen) atoms. The van der Waals surface area contributed by atoms with Crippen molar-refractivity contribution >= 4 is 33.2 Å². The van der Waals surface area contributed by atoms with Gasteiger partial charge in [-0.25, -0.2) is 0 Å². The highest BCUT2D eigenvalue weighted by atomic mass is 15.2. The number of anilines is 2. The van der Waals surface area contributed by atoms with Crippen LogP contribution in [0.5, 0.6) is 0 Å². The molecule has 0 saturated heterocycles. The number of aromatic nitrogens is 1. The molecule has 224 valence electrons. The Balaban J connectivity index is 1.20. The number of hydrogen-bond acceptors (Lipinski definition) is 3. The minimum absolute atomic E-state index is 0.0192. The summed E-state index contributed by atoms with van der Waals surface area (Å²) in [6.45, 7) is 0. The van der Waals surface area contributed by atoms with Crippen LogP contribution in [0.1, 0.15) is 22.6 Å². The monoisotopic (exact) mass is 612 g/mol. The van der Waals surface area contributed by atoms with Gasteiger partial charge in [-0.1, -0.05) is 115 Å². The zero-order valence-electron chi connectivity index (χ0n) is 26.0. The van der Waals surface area contributed by atoms with Crippen molar-refractivity contribution in [2.75, 3.05) is 4.90 Å².